The fourth-order valence-electron chi connectivity index (χ4n) is 3.07. The third kappa shape index (κ3) is 4.87. The fourth-order valence-corrected chi connectivity index (χ4v) is 3.07. The highest BCUT2D eigenvalue weighted by Gasteiger charge is 2.21. The van der Waals surface area contributed by atoms with E-state index in [0.717, 1.165) is 32.1 Å². The number of nitrogens with one attached hydrogen (secondary N) is 1. The average molecular weight is 345 g/mol. The van der Waals surface area contributed by atoms with E-state index < -0.39 is 0 Å². The topological polar surface area (TPSA) is 51.2 Å². The van der Waals surface area contributed by atoms with Gasteiger partial charge in [0.25, 0.3) is 0 Å². The van der Waals surface area contributed by atoms with Crippen LogP contribution in [0.1, 0.15) is 17.5 Å². The molecule has 1 heterocycles. The van der Waals surface area contributed by atoms with E-state index in [0.29, 0.717) is 13.0 Å². The van der Waals surface area contributed by atoms with Gasteiger partial charge in [0.15, 0.2) is 5.96 Å². The first kappa shape index (κ1) is 19.1. The highest BCUT2D eigenvalue weighted by atomic mass is 16.2. The van der Waals surface area contributed by atoms with Crippen molar-refractivity contribution in [2.24, 2.45) is 4.99 Å². The largest absolute Gasteiger partial charge is 0.368 e. The van der Waals surface area contributed by atoms with E-state index in [-0.39, 0.29) is 5.91 Å². The third-order valence-corrected chi connectivity index (χ3v) is 4.83. The first-order valence-electron chi connectivity index (χ1n) is 8.91. The number of benzene rings is 1. The van der Waals surface area contributed by atoms with Crippen molar-refractivity contribution in [1.82, 2.24) is 15.1 Å². The van der Waals surface area contributed by atoms with Crippen molar-refractivity contribution in [3.05, 3.63) is 29.3 Å². The predicted octanol–water partition coefficient (Wildman–Crippen LogP) is 1.48. The Morgan fingerprint density at radius 2 is 1.88 bits per heavy atom. The van der Waals surface area contributed by atoms with Crippen LogP contribution in [-0.2, 0) is 4.79 Å². The van der Waals surface area contributed by atoms with Crippen molar-refractivity contribution in [1.29, 1.82) is 0 Å². The molecule has 138 valence electrons. The van der Waals surface area contributed by atoms with Gasteiger partial charge in [0.05, 0.1) is 0 Å². The van der Waals surface area contributed by atoms with Crippen molar-refractivity contribution >= 4 is 17.6 Å². The molecule has 6 nitrogen and oxygen atoms in total. The molecule has 0 atom stereocenters. The Balaban J connectivity index is 1.87. The lowest BCUT2D eigenvalue weighted by Crippen LogP contribution is -2.53. The van der Waals surface area contributed by atoms with Gasteiger partial charge in [-0.05, 0) is 31.0 Å². The zero-order valence-electron chi connectivity index (χ0n) is 16.2. The number of hydrogen-bond donors (Lipinski definition) is 1. The Hall–Kier alpha value is -2.24. The highest BCUT2D eigenvalue weighted by molar-refractivity contribution is 5.81. The average Bonchev–Trinajstić information content (AvgIpc) is 2.61. The van der Waals surface area contributed by atoms with Crippen LogP contribution in [-0.4, -0.2) is 75.5 Å². The molecule has 0 spiro atoms. The van der Waals surface area contributed by atoms with Crippen LogP contribution in [0.15, 0.2) is 23.2 Å². The van der Waals surface area contributed by atoms with Crippen LogP contribution in [0, 0.1) is 13.8 Å². The van der Waals surface area contributed by atoms with E-state index in [9.17, 15) is 4.79 Å². The van der Waals surface area contributed by atoms with Crippen LogP contribution < -0.4 is 10.2 Å². The van der Waals surface area contributed by atoms with Gasteiger partial charge in [0.1, 0.15) is 0 Å². The van der Waals surface area contributed by atoms with Crippen LogP contribution in [0.3, 0.4) is 0 Å². The summed E-state index contributed by atoms with van der Waals surface area (Å²) < 4.78 is 0. The van der Waals surface area contributed by atoms with Crippen molar-refractivity contribution < 1.29 is 4.79 Å². The second kappa shape index (κ2) is 8.74. The molecule has 25 heavy (non-hydrogen) atoms. The highest BCUT2D eigenvalue weighted by Crippen LogP contribution is 2.23. The smallest absolute Gasteiger partial charge is 0.223 e. The minimum Gasteiger partial charge on any atom is -0.368 e. The molecule has 0 unspecified atom stereocenters. The van der Waals surface area contributed by atoms with Gasteiger partial charge in [-0.1, -0.05) is 12.1 Å². The number of carbonyl (C=O) groups is 1. The van der Waals surface area contributed by atoms with Gasteiger partial charge < -0.3 is 20.0 Å². The molecule has 6 heteroatoms. The zero-order valence-corrected chi connectivity index (χ0v) is 16.2. The van der Waals surface area contributed by atoms with Crippen LogP contribution in [0.2, 0.25) is 0 Å². The van der Waals surface area contributed by atoms with Gasteiger partial charge in [-0.2, -0.15) is 0 Å². The molecule has 1 aliphatic rings. The van der Waals surface area contributed by atoms with E-state index in [1.165, 1.54) is 16.8 Å². The number of guanidine groups is 1. The van der Waals surface area contributed by atoms with Gasteiger partial charge in [-0.25, -0.2) is 0 Å². The fraction of sp³-hybridized carbons (Fsp3) is 0.579. The van der Waals surface area contributed by atoms with Gasteiger partial charge in [0.2, 0.25) is 5.91 Å². The number of aliphatic imine (C=N–C) groups is 1. The van der Waals surface area contributed by atoms with E-state index in [2.05, 4.69) is 52.2 Å². The monoisotopic (exact) mass is 345 g/mol. The number of rotatable bonds is 4. The SMILES string of the molecule is CN=C(NCCC(=O)N(C)C)N1CCN(c2cccc(C)c2C)CC1. The Kier molecular flexibility index (Phi) is 6.67. The Labute approximate surface area is 151 Å². The number of anilines is 1. The normalized spacial score (nSPS) is 15.3. The number of piperazine rings is 1. The van der Waals surface area contributed by atoms with E-state index in [1.54, 1.807) is 26.0 Å². The molecule has 0 saturated carbocycles. The molecule has 0 aliphatic carbocycles. The van der Waals surface area contributed by atoms with E-state index >= 15 is 0 Å². The standard InChI is InChI=1S/C19H31N5O/c1-15-7-6-8-17(16(15)2)23-11-13-24(14-12-23)19(20-3)21-10-9-18(25)22(4)5/h6-8H,9-14H2,1-5H3,(H,20,21). The summed E-state index contributed by atoms with van der Waals surface area (Å²) in [4.78, 5) is 22.4. The number of carbonyl (C=O) groups excluding carboxylic acids is 1. The summed E-state index contributed by atoms with van der Waals surface area (Å²) in [7, 11) is 5.36. The minimum absolute atomic E-state index is 0.127. The molecular weight excluding hydrogens is 314 g/mol. The Morgan fingerprint density at radius 3 is 2.48 bits per heavy atom. The molecule has 0 radical (unpaired) electrons. The van der Waals surface area contributed by atoms with E-state index in [4.69, 9.17) is 0 Å². The molecule has 0 aromatic heterocycles. The molecule has 1 aromatic rings. The summed E-state index contributed by atoms with van der Waals surface area (Å²) in [6.07, 6.45) is 0.481. The number of nitrogens with zero attached hydrogens (tertiary/aromatic N) is 4. The molecule has 1 saturated heterocycles. The summed E-state index contributed by atoms with van der Waals surface area (Å²) in [6.45, 7) is 8.77. The van der Waals surface area contributed by atoms with Gasteiger partial charge in [-0.3, -0.25) is 9.79 Å². The molecule has 2 rings (SSSR count). The maximum absolute atomic E-state index is 11.7. The number of aryl methyl sites for hydroxylation is 1. The predicted molar refractivity (Wildman–Crippen MR) is 104 cm³/mol. The minimum atomic E-state index is 0.127. The van der Waals surface area contributed by atoms with Gasteiger partial charge in [0, 0.05) is 66.0 Å². The van der Waals surface area contributed by atoms with E-state index in [1.807, 2.05) is 0 Å². The maximum atomic E-state index is 11.7. The summed E-state index contributed by atoms with van der Waals surface area (Å²) in [5.74, 6) is 1.01. The van der Waals surface area contributed by atoms with Crippen molar-refractivity contribution in [2.75, 3.05) is 58.8 Å². The maximum Gasteiger partial charge on any atom is 0.223 e. The van der Waals surface area contributed by atoms with Crippen molar-refractivity contribution in [3.63, 3.8) is 0 Å². The first-order chi connectivity index (χ1) is 11.9. The van der Waals surface area contributed by atoms with Crippen LogP contribution in [0.25, 0.3) is 0 Å². The quantitative estimate of drug-likeness (QED) is 0.663. The van der Waals surface area contributed by atoms with Crippen molar-refractivity contribution in [2.45, 2.75) is 20.3 Å². The lowest BCUT2D eigenvalue weighted by molar-refractivity contribution is -0.128. The lowest BCUT2D eigenvalue weighted by atomic mass is 10.1. The van der Waals surface area contributed by atoms with Gasteiger partial charge >= 0.3 is 0 Å². The molecular formula is C19H31N5O. The summed E-state index contributed by atoms with van der Waals surface area (Å²) in [6, 6.07) is 6.50. The van der Waals surface area contributed by atoms with Gasteiger partial charge in [-0.15, -0.1) is 0 Å². The van der Waals surface area contributed by atoms with Crippen LogP contribution in [0.5, 0.6) is 0 Å². The molecule has 1 aliphatic heterocycles. The Bertz CT molecular complexity index is 618. The Morgan fingerprint density at radius 1 is 1.20 bits per heavy atom. The van der Waals surface area contributed by atoms with Crippen LogP contribution >= 0.6 is 0 Å². The summed E-state index contributed by atoms with van der Waals surface area (Å²) >= 11 is 0. The molecule has 1 aromatic carbocycles. The first-order valence-corrected chi connectivity index (χ1v) is 8.91. The van der Waals surface area contributed by atoms with Crippen LogP contribution in [0.4, 0.5) is 5.69 Å². The number of hydrogen-bond acceptors (Lipinski definition) is 3. The molecule has 0 bridgehead atoms. The van der Waals surface area contributed by atoms with Crippen molar-refractivity contribution in [3.8, 4) is 0 Å². The summed E-state index contributed by atoms with van der Waals surface area (Å²) in [5, 5.41) is 3.31. The lowest BCUT2D eigenvalue weighted by Gasteiger charge is -2.38. The second-order valence-electron chi connectivity index (χ2n) is 6.71. The molecule has 1 fully saturated rings. The summed E-state index contributed by atoms with van der Waals surface area (Å²) in [5.41, 5.74) is 4.03. The zero-order chi connectivity index (χ0) is 18.4. The third-order valence-electron chi connectivity index (χ3n) is 4.83. The second-order valence-corrected chi connectivity index (χ2v) is 6.71. The molecule has 1 amide bonds. The molecule has 1 N–H and O–H groups in total. The number of amides is 1.